The Kier molecular flexibility index (Phi) is 40.9. The van der Waals surface area contributed by atoms with Crippen LogP contribution in [0.4, 0.5) is 0 Å². The molecule has 0 heterocycles. The first-order valence-electron chi connectivity index (χ1n) is 23.3. The van der Waals surface area contributed by atoms with Crippen molar-refractivity contribution in [2.45, 2.75) is 252 Å². The summed E-state index contributed by atoms with van der Waals surface area (Å²) in [6.45, 7) is 9.09. The minimum Gasteiger partial charge on any atom is -0.465 e. The smallest absolute Gasteiger partial charge is 0.312 e. The van der Waals surface area contributed by atoms with Crippen LogP contribution in [0.15, 0.2) is 48.6 Å². The molecule has 52 heavy (non-hydrogen) atoms. The first-order valence-corrected chi connectivity index (χ1v) is 23.3. The second-order valence-electron chi connectivity index (χ2n) is 16.0. The normalized spacial score (nSPS) is 12.5. The molecule has 0 fully saturated rings. The molecular formula is C50H92O2. The molecule has 0 aliphatic carbocycles. The van der Waals surface area contributed by atoms with Crippen LogP contribution in [-0.2, 0) is 9.53 Å². The lowest BCUT2D eigenvalue weighted by Gasteiger charge is -2.32. The lowest BCUT2D eigenvalue weighted by atomic mass is 9.74. The molecule has 0 aliphatic heterocycles. The van der Waals surface area contributed by atoms with E-state index in [2.05, 4.69) is 76.3 Å². The maximum Gasteiger partial charge on any atom is 0.312 e. The maximum absolute atomic E-state index is 14.2. The highest BCUT2D eigenvalue weighted by molar-refractivity contribution is 5.76. The van der Waals surface area contributed by atoms with Crippen LogP contribution in [0.1, 0.15) is 252 Å². The lowest BCUT2D eigenvalue weighted by Crippen LogP contribution is -2.34. The zero-order valence-electron chi connectivity index (χ0n) is 35.9. The van der Waals surface area contributed by atoms with Crippen LogP contribution in [0.3, 0.4) is 0 Å². The quantitative estimate of drug-likeness (QED) is 0.0356. The lowest BCUT2D eigenvalue weighted by molar-refractivity contribution is -0.158. The Labute approximate surface area is 327 Å². The molecule has 0 aliphatic rings. The van der Waals surface area contributed by atoms with Crippen LogP contribution < -0.4 is 0 Å². The molecule has 0 amide bonds. The highest BCUT2D eigenvalue weighted by Gasteiger charge is 2.38. The summed E-state index contributed by atoms with van der Waals surface area (Å²) in [6.07, 6.45) is 62.0. The largest absolute Gasteiger partial charge is 0.465 e. The van der Waals surface area contributed by atoms with Gasteiger partial charge in [-0.15, -0.1) is 0 Å². The Bertz CT molecular complexity index is 759. The van der Waals surface area contributed by atoms with Gasteiger partial charge in [-0.3, -0.25) is 4.79 Å². The molecule has 0 aromatic rings. The number of hydrogen-bond donors (Lipinski definition) is 0. The predicted molar refractivity (Wildman–Crippen MR) is 234 cm³/mol. The minimum absolute atomic E-state index is 0.161. The third-order valence-corrected chi connectivity index (χ3v) is 11.2. The third kappa shape index (κ3) is 34.2. The molecule has 0 radical (unpaired) electrons. The van der Waals surface area contributed by atoms with Gasteiger partial charge in [0.1, 0.15) is 0 Å². The van der Waals surface area contributed by atoms with Gasteiger partial charge in [0.25, 0.3) is 0 Å². The summed E-state index contributed by atoms with van der Waals surface area (Å²) in [7, 11) is 0. The summed E-state index contributed by atoms with van der Waals surface area (Å²) in [5, 5.41) is 0. The number of esters is 1. The average Bonchev–Trinajstić information content (AvgIpc) is 3.15. The van der Waals surface area contributed by atoms with E-state index < -0.39 is 0 Å². The molecule has 2 nitrogen and oxygen atoms in total. The number of unbranched alkanes of at least 4 members (excludes halogenated alkanes) is 28. The van der Waals surface area contributed by atoms with Gasteiger partial charge in [0.15, 0.2) is 0 Å². The third-order valence-electron chi connectivity index (χ3n) is 11.2. The average molecular weight is 725 g/mol. The zero-order chi connectivity index (χ0) is 37.9. The van der Waals surface area contributed by atoms with Gasteiger partial charge >= 0.3 is 5.97 Å². The molecule has 0 atom stereocenters. The van der Waals surface area contributed by atoms with Gasteiger partial charge in [0.05, 0.1) is 12.0 Å². The molecule has 0 saturated heterocycles. The summed E-state index contributed by atoms with van der Waals surface area (Å²) >= 11 is 0. The van der Waals surface area contributed by atoms with E-state index in [0.717, 1.165) is 25.7 Å². The van der Waals surface area contributed by atoms with Gasteiger partial charge in [-0.05, 0) is 105 Å². The van der Waals surface area contributed by atoms with Crippen LogP contribution in [0.5, 0.6) is 0 Å². The molecule has 0 spiro atoms. The number of carbonyl (C=O) groups is 1. The Balaban J connectivity index is 5.10. The SMILES string of the molecule is C/C=C\CCCCCCCCCOC(=O)C(CCCCCCCCC/C=C\C)(CCCCCCCCC/C=C\C)CCCCCCCCC/C=C\C. The summed E-state index contributed by atoms with van der Waals surface area (Å²) < 4.78 is 6.24. The number of ether oxygens (including phenoxy) is 1. The molecule has 0 rings (SSSR count). The van der Waals surface area contributed by atoms with Gasteiger partial charge in [-0.2, -0.15) is 0 Å². The van der Waals surface area contributed by atoms with E-state index in [1.54, 1.807) is 0 Å². The second-order valence-corrected chi connectivity index (χ2v) is 16.0. The molecule has 0 saturated carbocycles. The van der Waals surface area contributed by atoms with E-state index in [0.29, 0.717) is 6.61 Å². The van der Waals surface area contributed by atoms with Gasteiger partial charge in [0, 0.05) is 0 Å². The monoisotopic (exact) mass is 725 g/mol. The number of allylic oxidation sites excluding steroid dienone is 8. The van der Waals surface area contributed by atoms with Crippen LogP contribution in [0, 0.1) is 5.41 Å². The van der Waals surface area contributed by atoms with E-state index in [9.17, 15) is 4.79 Å². The van der Waals surface area contributed by atoms with Crippen molar-refractivity contribution in [3.63, 3.8) is 0 Å². The Hall–Kier alpha value is -1.57. The van der Waals surface area contributed by atoms with E-state index in [1.165, 1.54) is 199 Å². The second kappa shape index (κ2) is 42.2. The molecule has 0 unspecified atom stereocenters. The standard InChI is InChI=1S/C50H92O2/c1-5-9-13-17-21-25-29-33-37-41-45-50(46-42-38-34-30-26-22-18-14-10-6-2,47-43-39-35-31-27-23-19-15-11-7-3)49(51)52-48-44-40-36-32-28-24-20-16-12-8-4/h5-12H,13-48H2,1-4H3/b9-5-,10-6-,11-7-,12-8-. The first-order chi connectivity index (χ1) is 25.7. The van der Waals surface area contributed by atoms with E-state index in [4.69, 9.17) is 4.74 Å². The summed E-state index contributed by atoms with van der Waals surface area (Å²) in [5.41, 5.74) is -0.265. The number of hydrogen-bond acceptors (Lipinski definition) is 2. The van der Waals surface area contributed by atoms with Gasteiger partial charge < -0.3 is 4.74 Å². The molecule has 0 N–H and O–H groups in total. The molecule has 0 aromatic carbocycles. The van der Waals surface area contributed by atoms with Crippen molar-refractivity contribution in [1.29, 1.82) is 0 Å². The Morgan fingerprint density at radius 2 is 0.577 bits per heavy atom. The Morgan fingerprint density at radius 3 is 0.846 bits per heavy atom. The highest BCUT2D eigenvalue weighted by atomic mass is 16.5. The topological polar surface area (TPSA) is 26.3 Å². The fourth-order valence-corrected chi connectivity index (χ4v) is 7.74. The molecule has 304 valence electrons. The Morgan fingerprint density at radius 1 is 0.346 bits per heavy atom. The molecule has 2 heteroatoms. The van der Waals surface area contributed by atoms with Crippen molar-refractivity contribution < 1.29 is 9.53 Å². The van der Waals surface area contributed by atoms with Crippen LogP contribution >= 0.6 is 0 Å². The van der Waals surface area contributed by atoms with Crippen molar-refractivity contribution in [1.82, 2.24) is 0 Å². The van der Waals surface area contributed by atoms with Gasteiger partial charge in [-0.1, -0.05) is 196 Å². The summed E-state index contributed by atoms with van der Waals surface area (Å²) in [5.74, 6) is 0.161. The fraction of sp³-hybridized carbons (Fsp3) is 0.820. The molecule has 0 aromatic heterocycles. The van der Waals surface area contributed by atoms with Crippen LogP contribution in [0.2, 0.25) is 0 Å². The van der Waals surface area contributed by atoms with E-state index in [-0.39, 0.29) is 11.4 Å². The molecule has 0 bridgehead atoms. The van der Waals surface area contributed by atoms with Crippen LogP contribution in [-0.4, -0.2) is 12.6 Å². The maximum atomic E-state index is 14.2. The van der Waals surface area contributed by atoms with Gasteiger partial charge in [-0.25, -0.2) is 0 Å². The van der Waals surface area contributed by atoms with Crippen molar-refractivity contribution in [3.05, 3.63) is 48.6 Å². The van der Waals surface area contributed by atoms with Crippen molar-refractivity contribution in [2.75, 3.05) is 6.61 Å². The zero-order valence-corrected chi connectivity index (χ0v) is 35.9. The highest BCUT2D eigenvalue weighted by Crippen LogP contribution is 2.39. The first kappa shape index (κ1) is 50.4. The number of rotatable bonds is 41. The van der Waals surface area contributed by atoms with Crippen molar-refractivity contribution in [2.24, 2.45) is 5.41 Å². The van der Waals surface area contributed by atoms with Crippen molar-refractivity contribution in [3.8, 4) is 0 Å². The predicted octanol–water partition coefficient (Wildman–Crippen LogP) is 17.5. The van der Waals surface area contributed by atoms with Crippen molar-refractivity contribution >= 4 is 5.97 Å². The van der Waals surface area contributed by atoms with E-state index >= 15 is 0 Å². The van der Waals surface area contributed by atoms with E-state index in [1.807, 2.05) is 0 Å². The number of carbonyl (C=O) groups excluding carboxylic acids is 1. The van der Waals surface area contributed by atoms with Crippen LogP contribution in [0.25, 0.3) is 0 Å². The fourth-order valence-electron chi connectivity index (χ4n) is 7.74. The molecular weight excluding hydrogens is 633 g/mol. The summed E-state index contributed by atoms with van der Waals surface area (Å²) in [6, 6.07) is 0. The minimum atomic E-state index is -0.265. The summed E-state index contributed by atoms with van der Waals surface area (Å²) in [4.78, 5) is 14.2. The van der Waals surface area contributed by atoms with Gasteiger partial charge in [0.2, 0.25) is 0 Å².